The smallest absolute Gasteiger partial charge is 0.407 e. The first-order valence-corrected chi connectivity index (χ1v) is 9.73. The van der Waals surface area contributed by atoms with Gasteiger partial charge in [-0.1, -0.05) is 32.1 Å². The summed E-state index contributed by atoms with van der Waals surface area (Å²) in [6, 6.07) is 8.10. The molecule has 1 aromatic rings. The van der Waals surface area contributed by atoms with E-state index in [0.717, 1.165) is 23.8 Å². The summed E-state index contributed by atoms with van der Waals surface area (Å²) >= 11 is 0. The lowest BCUT2D eigenvalue weighted by molar-refractivity contribution is 0.0524. The first-order valence-electron chi connectivity index (χ1n) is 9.73. The fourth-order valence-electron chi connectivity index (χ4n) is 3.46. The summed E-state index contributed by atoms with van der Waals surface area (Å²) < 4.78 is 10.6. The van der Waals surface area contributed by atoms with Gasteiger partial charge in [-0.25, -0.2) is 4.79 Å². The van der Waals surface area contributed by atoms with E-state index in [0.29, 0.717) is 6.54 Å². The fraction of sp³-hybridized carbons (Fsp3) is 0.667. The van der Waals surface area contributed by atoms with Gasteiger partial charge in [0.25, 0.3) is 0 Å². The molecule has 0 radical (unpaired) electrons. The Balaban J connectivity index is 1.94. The first kappa shape index (κ1) is 20.4. The Morgan fingerprint density at radius 2 is 1.81 bits per heavy atom. The van der Waals surface area contributed by atoms with E-state index in [9.17, 15) is 4.79 Å². The predicted molar refractivity (Wildman–Crippen MR) is 106 cm³/mol. The van der Waals surface area contributed by atoms with Gasteiger partial charge in [0.15, 0.2) is 0 Å². The number of alkyl carbamates (subject to hydrolysis) is 1. The van der Waals surface area contributed by atoms with Crippen LogP contribution in [-0.2, 0) is 4.74 Å². The molecule has 1 atom stereocenters. The Morgan fingerprint density at radius 1 is 1.15 bits per heavy atom. The van der Waals surface area contributed by atoms with Crippen molar-refractivity contribution in [1.82, 2.24) is 5.32 Å². The van der Waals surface area contributed by atoms with Crippen LogP contribution >= 0.6 is 0 Å². The number of hydrogen-bond acceptors (Lipinski definition) is 4. The van der Waals surface area contributed by atoms with Crippen molar-refractivity contribution in [1.29, 1.82) is 0 Å². The third kappa shape index (κ3) is 7.54. The summed E-state index contributed by atoms with van der Waals surface area (Å²) in [4.78, 5) is 12.0. The van der Waals surface area contributed by atoms with Gasteiger partial charge < -0.3 is 20.1 Å². The number of hydrogen-bond donors (Lipinski definition) is 2. The van der Waals surface area contributed by atoms with Gasteiger partial charge in [-0.15, -0.1) is 0 Å². The summed E-state index contributed by atoms with van der Waals surface area (Å²) in [6.45, 7) is 6.18. The summed E-state index contributed by atoms with van der Waals surface area (Å²) in [7, 11) is 1.67. The van der Waals surface area contributed by atoms with Crippen molar-refractivity contribution in [3.63, 3.8) is 0 Å². The van der Waals surface area contributed by atoms with Gasteiger partial charge in [0.05, 0.1) is 7.11 Å². The highest BCUT2D eigenvalue weighted by molar-refractivity contribution is 5.67. The van der Waals surface area contributed by atoms with Crippen molar-refractivity contribution < 1.29 is 14.3 Å². The second kappa shape index (κ2) is 9.70. The Morgan fingerprint density at radius 3 is 2.38 bits per heavy atom. The van der Waals surface area contributed by atoms with Gasteiger partial charge in [-0.05, 0) is 57.4 Å². The minimum atomic E-state index is -0.480. The number of carbonyl (C=O) groups is 1. The van der Waals surface area contributed by atoms with Gasteiger partial charge in [0.2, 0.25) is 0 Å². The molecule has 1 aliphatic carbocycles. The summed E-state index contributed by atoms with van der Waals surface area (Å²) in [5.74, 6) is 1.56. The number of methoxy groups -OCH3 is 1. The Kier molecular flexibility index (Phi) is 7.61. The van der Waals surface area contributed by atoms with Crippen LogP contribution in [0.5, 0.6) is 5.75 Å². The predicted octanol–water partition coefficient (Wildman–Crippen LogP) is 4.97. The average Bonchev–Trinajstić information content (AvgIpc) is 2.60. The lowest BCUT2D eigenvalue weighted by atomic mass is 9.84. The van der Waals surface area contributed by atoms with Crippen LogP contribution in [0.2, 0.25) is 0 Å². The molecule has 0 heterocycles. The topological polar surface area (TPSA) is 59.6 Å². The zero-order chi connectivity index (χ0) is 19.0. The number of nitrogens with one attached hydrogen (secondary N) is 2. The average molecular weight is 363 g/mol. The highest BCUT2D eigenvalue weighted by Gasteiger charge is 2.21. The third-order valence-electron chi connectivity index (χ3n) is 4.70. The van der Waals surface area contributed by atoms with E-state index in [1.807, 2.05) is 45.0 Å². The summed E-state index contributed by atoms with van der Waals surface area (Å²) in [5, 5.41) is 6.49. The minimum Gasteiger partial charge on any atom is -0.497 e. The highest BCUT2D eigenvalue weighted by Crippen LogP contribution is 2.28. The van der Waals surface area contributed by atoms with Gasteiger partial charge in [0.1, 0.15) is 11.4 Å². The van der Waals surface area contributed by atoms with Crippen molar-refractivity contribution in [3.05, 3.63) is 24.3 Å². The maximum atomic E-state index is 12.0. The van der Waals surface area contributed by atoms with Crippen LogP contribution in [0.15, 0.2) is 24.3 Å². The van der Waals surface area contributed by atoms with E-state index in [1.54, 1.807) is 7.11 Å². The van der Waals surface area contributed by atoms with E-state index in [2.05, 4.69) is 10.6 Å². The molecule has 146 valence electrons. The molecule has 1 amide bonds. The molecule has 26 heavy (non-hydrogen) atoms. The van der Waals surface area contributed by atoms with E-state index in [-0.39, 0.29) is 12.1 Å². The lowest BCUT2D eigenvalue weighted by Gasteiger charge is -2.28. The van der Waals surface area contributed by atoms with Crippen molar-refractivity contribution in [2.24, 2.45) is 5.92 Å². The second-order valence-corrected chi connectivity index (χ2v) is 8.19. The second-order valence-electron chi connectivity index (χ2n) is 8.19. The number of carbonyl (C=O) groups excluding carboxylic acids is 1. The fourth-order valence-corrected chi connectivity index (χ4v) is 3.46. The molecule has 1 fully saturated rings. The van der Waals surface area contributed by atoms with Gasteiger partial charge in [-0.2, -0.15) is 0 Å². The van der Waals surface area contributed by atoms with Crippen LogP contribution in [0.1, 0.15) is 59.3 Å². The van der Waals surface area contributed by atoms with E-state index in [1.165, 1.54) is 32.1 Å². The molecule has 0 unspecified atom stereocenters. The monoisotopic (exact) mass is 362 g/mol. The molecule has 1 saturated carbocycles. The molecular weight excluding hydrogens is 328 g/mol. The Hall–Kier alpha value is -1.91. The summed E-state index contributed by atoms with van der Waals surface area (Å²) in [6.07, 6.45) is 7.26. The van der Waals surface area contributed by atoms with Crippen LogP contribution in [0.3, 0.4) is 0 Å². The van der Waals surface area contributed by atoms with Crippen molar-refractivity contribution in [2.45, 2.75) is 70.9 Å². The largest absolute Gasteiger partial charge is 0.497 e. The molecule has 1 aliphatic rings. The van der Waals surface area contributed by atoms with E-state index in [4.69, 9.17) is 9.47 Å². The number of ether oxygens (including phenoxy) is 2. The van der Waals surface area contributed by atoms with Gasteiger partial charge in [-0.3, -0.25) is 0 Å². The quantitative estimate of drug-likeness (QED) is 0.719. The molecule has 0 saturated heterocycles. The van der Waals surface area contributed by atoms with Gasteiger partial charge in [0, 0.05) is 18.3 Å². The van der Waals surface area contributed by atoms with Crippen molar-refractivity contribution >= 4 is 11.8 Å². The standard InChI is InChI=1S/C21H34N2O3/c1-21(2,3)26-20(24)22-15-18(14-16-8-6-5-7-9-16)23-17-10-12-19(25-4)13-11-17/h10-13,16,18,23H,5-9,14-15H2,1-4H3,(H,22,24)/t18-/m0/s1. The zero-order valence-electron chi connectivity index (χ0n) is 16.6. The molecule has 0 aliphatic heterocycles. The summed E-state index contributed by atoms with van der Waals surface area (Å²) in [5.41, 5.74) is 0.560. The molecule has 2 N–H and O–H groups in total. The van der Waals surface area contributed by atoms with Crippen molar-refractivity contribution in [3.8, 4) is 5.75 Å². The normalized spacial score (nSPS) is 16.6. The SMILES string of the molecule is COc1ccc(N[C@H](CNC(=O)OC(C)(C)C)CC2CCCCC2)cc1. The zero-order valence-corrected chi connectivity index (χ0v) is 16.6. The molecule has 5 nitrogen and oxygen atoms in total. The molecule has 2 rings (SSSR count). The molecule has 0 aromatic heterocycles. The molecule has 0 spiro atoms. The number of benzene rings is 1. The third-order valence-corrected chi connectivity index (χ3v) is 4.70. The maximum Gasteiger partial charge on any atom is 0.407 e. The van der Waals surface area contributed by atoms with Crippen LogP contribution in [-0.4, -0.2) is 31.4 Å². The first-order chi connectivity index (χ1) is 12.4. The van der Waals surface area contributed by atoms with Gasteiger partial charge >= 0.3 is 6.09 Å². The Bertz CT molecular complexity index is 545. The van der Waals surface area contributed by atoms with Crippen LogP contribution in [0.25, 0.3) is 0 Å². The molecular formula is C21H34N2O3. The Labute approximate surface area is 157 Å². The number of anilines is 1. The van der Waals surface area contributed by atoms with E-state index < -0.39 is 5.60 Å². The molecule has 0 bridgehead atoms. The molecule has 5 heteroatoms. The highest BCUT2D eigenvalue weighted by atomic mass is 16.6. The minimum absolute atomic E-state index is 0.180. The molecule has 1 aromatic carbocycles. The number of rotatable bonds is 7. The van der Waals surface area contributed by atoms with Crippen LogP contribution < -0.4 is 15.4 Å². The van der Waals surface area contributed by atoms with Crippen molar-refractivity contribution in [2.75, 3.05) is 19.0 Å². The number of amides is 1. The van der Waals surface area contributed by atoms with E-state index >= 15 is 0 Å². The maximum absolute atomic E-state index is 12.0. The lowest BCUT2D eigenvalue weighted by Crippen LogP contribution is -2.40. The van der Waals surface area contributed by atoms with Crippen LogP contribution in [0.4, 0.5) is 10.5 Å². The van der Waals surface area contributed by atoms with Crippen LogP contribution in [0, 0.1) is 5.92 Å².